The molecule has 1 saturated heterocycles. The lowest BCUT2D eigenvalue weighted by Crippen LogP contribution is -2.49. The molecule has 22 heavy (non-hydrogen) atoms. The van der Waals surface area contributed by atoms with Gasteiger partial charge in [0, 0.05) is 38.5 Å². The molecule has 6 heteroatoms. The summed E-state index contributed by atoms with van der Waals surface area (Å²) in [7, 11) is 0. The number of amides is 1. The summed E-state index contributed by atoms with van der Waals surface area (Å²) in [6.45, 7) is 4.97. The minimum Gasteiger partial charge on any atom is -0.352 e. The predicted molar refractivity (Wildman–Crippen MR) is 88.4 cm³/mol. The monoisotopic (exact) mass is 318 g/mol. The number of piperazine rings is 1. The van der Waals surface area contributed by atoms with E-state index in [1.165, 1.54) is 0 Å². The highest BCUT2D eigenvalue weighted by molar-refractivity contribution is 6.18. The number of aryl methyl sites for hydroxylation is 1. The summed E-state index contributed by atoms with van der Waals surface area (Å²) in [5.41, 5.74) is 2.75. The third-order valence-electron chi connectivity index (χ3n) is 3.96. The molecular formula is C16H19ClN4O. The molecule has 0 bridgehead atoms. The molecule has 2 aromatic rings. The first-order chi connectivity index (χ1) is 10.7. The summed E-state index contributed by atoms with van der Waals surface area (Å²) in [5.74, 6) is 1.44. The second-order valence-electron chi connectivity index (χ2n) is 5.43. The Morgan fingerprint density at radius 1 is 1.14 bits per heavy atom. The predicted octanol–water partition coefficient (Wildman–Crippen LogP) is 2.22. The van der Waals surface area contributed by atoms with Gasteiger partial charge >= 0.3 is 0 Å². The fourth-order valence-electron chi connectivity index (χ4n) is 2.79. The van der Waals surface area contributed by atoms with Gasteiger partial charge in [-0.05, 0) is 19.1 Å². The summed E-state index contributed by atoms with van der Waals surface area (Å²) in [4.78, 5) is 25.3. The first-order valence-electron chi connectivity index (χ1n) is 7.51. The molecule has 1 fully saturated rings. The maximum Gasteiger partial charge on any atom is 0.223 e. The van der Waals surface area contributed by atoms with Crippen LogP contribution in [0, 0.1) is 6.92 Å². The average Bonchev–Trinajstić information content (AvgIpc) is 2.54. The lowest BCUT2D eigenvalue weighted by molar-refractivity contribution is -0.131. The minimum atomic E-state index is 0.135. The Morgan fingerprint density at radius 2 is 1.77 bits per heavy atom. The average molecular weight is 319 g/mol. The molecule has 0 unspecified atom stereocenters. The van der Waals surface area contributed by atoms with Gasteiger partial charge < -0.3 is 9.80 Å². The zero-order valence-electron chi connectivity index (χ0n) is 12.6. The molecule has 0 spiro atoms. The molecule has 0 atom stereocenters. The molecule has 1 aromatic carbocycles. The van der Waals surface area contributed by atoms with Crippen molar-refractivity contribution in [3.63, 3.8) is 0 Å². The molecule has 0 saturated carbocycles. The smallest absolute Gasteiger partial charge is 0.223 e. The Morgan fingerprint density at radius 3 is 2.41 bits per heavy atom. The molecular weight excluding hydrogens is 300 g/mol. The van der Waals surface area contributed by atoms with E-state index in [4.69, 9.17) is 16.6 Å². The highest BCUT2D eigenvalue weighted by atomic mass is 35.5. The fraction of sp³-hybridized carbons (Fsp3) is 0.438. The van der Waals surface area contributed by atoms with Crippen molar-refractivity contribution in [2.75, 3.05) is 37.0 Å². The Labute approximate surface area is 134 Å². The summed E-state index contributed by atoms with van der Waals surface area (Å²) in [5, 5.41) is 0. The van der Waals surface area contributed by atoms with Crippen molar-refractivity contribution in [2.24, 2.45) is 0 Å². The number of rotatable bonds is 3. The largest absolute Gasteiger partial charge is 0.352 e. The van der Waals surface area contributed by atoms with Crippen molar-refractivity contribution in [3.8, 4) is 0 Å². The number of carbonyl (C=O) groups is 1. The van der Waals surface area contributed by atoms with Crippen LogP contribution < -0.4 is 4.90 Å². The van der Waals surface area contributed by atoms with Crippen LogP contribution in [-0.4, -0.2) is 52.8 Å². The van der Waals surface area contributed by atoms with Crippen LogP contribution in [-0.2, 0) is 4.79 Å². The minimum absolute atomic E-state index is 0.135. The van der Waals surface area contributed by atoms with Crippen molar-refractivity contribution < 1.29 is 4.79 Å². The van der Waals surface area contributed by atoms with E-state index in [0.717, 1.165) is 35.6 Å². The van der Waals surface area contributed by atoms with E-state index >= 15 is 0 Å². The molecule has 0 radical (unpaired) electrons. The molecule has 116 valence electrons. The van der Waals surface area contributed by atoms with Gasteiger partial charge in [0.15, 0.2) is 5.82 Å². The van der Waals surface area contributed by atoms with Crippen LogP contribution in [0.15, 0.2) is 24.3 Å². The number of fused-ring (bicyclic) bond motifs is 1. The lowest BCUT2D eigenvalue weighted by atomic mass is 10.2. The number of alkyl halides is 1. The Kier molecular flexibility index (Phi) is 4.43. The van der Waals surface area contributed by atoms with Crippen LogP contribution in [0.2, 0.25) is 0 Å². The third-order valence-corrected chi connectivity index (χ3v) is 4.15. The number of hydrogen-bond donors (Lipinski definition) is 0. The SMILES string of the molecule is Cc1nc2ccccc2nc1N1CCN(C(=O)CCCl)CC1. The standard InChI is InChI=1S/C16H19ClN4O/c1-12-16(19-14-5-3-2-4-13(14)18-12)21-10-8-20(9-11-21)15(22)6-7-17/h2-5H,6-11H2,1H3. The quantitative estimate of drug-likeness (QED) is 0.814. The normalized spacial score (nSPS) is 15.4. The number of carbonyl (C=O) groups excluding carboxylic acids is 1. The van der Waals surface area contributed by atoms with Crippen molar-refractivity contribution in [1.82, 2.24) is 14.9 Å². The van der Waals surface area contributed by atoms with Gasteiger partial charge in [-0.25, -0.2) is 9.97 Å². The van der Waals surface area contributed by atoms with Crippen molar-refractivity contribution in [2.45, 2.75) is 13.3 Å². The highest BCUT2D eigenvalue weighted by Crippen LogP contribution is 2.21. The topological polar surface area (TPSA) is 49.3 Å². The Hall–Kier alpha value is -1.88. The van der Waals surface area contributed by atoms with Crippen molar-refractivity contribution in [3.05, 3.63) is 30.0 Å². The summed E-state index contributed by atoms with van der Waals surface area (Å²) in [6.07, 6.45) is 0.413. The number of hydrogen-bond acceptors (Lipinski definition) is 4. The summed E-state index contributed by atoms with van der Waals surface area (Å²) < 4.78 is 0. The van der Waals surface area contributed by atoms with E-state index in [2.05, 4.69) is 9.88 Å². The summed E-state index contributed by atoms with van der Waals surface area (Å²) in [6, 6.07) is 7.89. The van der Waals surface area contributed by atoms with Crippen LogP contribution in [0.5, 0.6) is 0 Å². The van der Waals surface area contributed by atoms with E-state index in [1.54, 1.807) is 0 Å². The van der Waals surface area contributed by atoms with Gasteiger partial charge in [-0.15, -0.1) is 11.6 Å². The number of para-hydroxylation sites is 2. The van der Waals surface area contributed by atoms with Crippen LogP contribution in [0.1, 0.15) is 12.1 Å². The first kappa shape index (κ1) is 15.0. The van der Waals surface area contributed by atoms with E-state index in [9.17, 15) is 4.79 Å². The maximum atomic E-state index is 11.9. The zero-order valence-corrected chi connectivity index (χ0v) is 13.4. The Bertz CT molecular complexity index is 683. The molecule has 0 N–H and O–H groups in total. The third kappa shape index (κ3) is 2.99. The Balaban J connectivity index is 1.76. The molecule has 1 amide bonds. The van der Waals surface area contributed by atoms with Gasteiger partial charge in [-0.3, -0.25) is 4.79 Å². The van der Waals surface area contributed by atoms with Crippen LogP contribution in [0.3, 0.4) is 0 Å². The van der Waals surface area contributed by atoms with Gasteiger partial charge in [0.2, 0.25) is 5.91 Å². The summed E-state index contributed by atoms with van der Waals surface area (Å²) >= 11 is 5.64. The maximum absolute atomic E-state index is 11.9. The molecule has 0 aliphatic carbocycles. The second kappa shape index (κ2) is 6.48. The number of halogens is 1. The van der Waals surface area contributed by atoms with E-state index in [-0.39, 0.29) is 5.91 Å². The molecule has 1 aliphatic heterocycles. The fourth-order valence-corrected chi connectivity index (χ4v) is 2.95. The van der Waals surface area contributed by atoms with E-state index in [0.29, 0.717) is 25.4 Å². The number of benzene rings is 1. The zero-order chi connectivity index (χ0) is 15.5. The number of aromatic nitrogens is 2. The molecule has 1 aliphatic rings. The number of anilines is 1. The van der Waals surface area contributed by atoms with E-state index in [1.807, 2.05) is 36.1 Å². The highest BCUT2D eigenvalue weighted by Gasteiger charge is 2.23. The van der Waals surface area contributed by atoms with Gasteiger partial charge in [0.1, 0.15) is 0 Å². The van der Waals surface area contributed by atoms with E-state index < -0.39 is 0 Å². The van der Waals surface area contributed by atoms with Crippen LogP contribution >= 0.6 is 11.6 Å². The van der Waals surface area contributed by atoms with Gasteiger partial charge in [-0.1, -0.05) is 12.1 Å². The van der Waals surface area contributed by atoms with Gasteiger partial charge in [0.25, 0.3) is 0 Å². The van der Waals surface area contributed by atoms with Crippen molar-refractivity contribution >= 4 is 34.4 Å². The lowest BCUT2D eigenvalue weighted by Gasteiger charge is -2.35. The number of nitrogens with zero attached hydrogens (tertiary/aromatic N) is 4. The van der Waals surface area contributed by atoms with Crippen LogP contribution in [0.25, 0.3) is 11.0 Å². The van der Waals surface area contributed by atoms with Crippen LogP contribution in [0.4, 0.5) is 5.82 Å². The molecule has 3 rings (SSSR count). The molecule has 2 heterocycles. The second-order valence-corrected chi connectivity index (χ2v) is 5.81. The molecule has 5 nitrogen and oxygen atoms in total. The molecule has 1 aromatic heterocycles. The van der Waals surface area contributed by atoms with Gasteiger partial charge in [-0.2, -0.15) is 0 Å². The first-order valence-corrected chi connectivity index (χ1v) is 8.04. The van der Waals surface area contributed by atoms with Crippen molar-refractivity contribution in [1.29, 1.82) is 0 Å². The van der Waals surface area contributed by atoms with Gasteiger partial charge in [0.05, 0.1) is 16.7 Å².